The number of halogens is 1. The lowest BCUT2D eigenvalue weighted by Crippen LogP contribution is -1.94. The molecule has 2 aromatic heterocycles. The lowest BCUT2D eigenvalue weighted by molar-refractivity contribution is -0.384. The van der Waals surface area contributed by atoms with Gasteiger partial charge in [0.25, 0.3) is 11.5 Å². The first-order chi connectivity index (χ1) is 9.60. The number of nitro benzene ring substituents is 1. The number of aromatic nitrogens is 5. The molecular formula is C11H9ClN6O2. The van der Waals surface area contributed by atoms with Gasteiger partial charge in [0, 0.05) is 18.1 Å². The lowest BCUT2D eigenvalue weighted by atomic mass is 10.2. The van der Waals surface area contributed by atoms with Crippen LogP contribution in [-0.4, -0.2) is 29.7 Å². The van der Waals surface area contributed by atoms with Crippen LogP contribution in [0.25, 0.3) is 17.2 Å². The second-order valence-corrected chi connectivity index (χ2v) is 4.51. The number of benzene rings is 1. The Morgan fingerprint density at radius 3 is 2.95 bits per heavy atom. The molecule has 0 aliphatic heterocycles. The van der Waals surface area contributed by atoms with Gasteiger partial charge < -0.3 is 0 Å². The van der Waals surface area contributed by atoms with Gasteiger partial charge in [-0.2, -0.15) is 4.98 Å². The minimum Gasteiger partial charge on any atom is -0.272 e. The summed E-state index contributed by atoms with van der Waals surface area (Å²) in [7, 11) is 0. The largest absolute Gasteiger partial charge is 0.288 e. The Morgan fingerprint density at radius 1 is 1.45 bits per heavy atom. The highest BCUT2D eigenvalue weighted by Gasteiger charge is 2.16. The average molecular weight is 293 g/mol. The van der Waals surface area contributed by atoms with E-state index in [1.807, 2.05) is 6.92 Å². The molecule has 8 nitrogen and oxygen atoms in total. The lowest BCUT2D eigenvalue weighted by Gasteiger charge is -1.99. The van der Waals surface area contributed by atoms with Gasteiger partial charge >= 0.3 is 0 Å². The van der Waals surface area contributed by atoms with Crippen LogP contribution < -0.4 is 0 Å². The van der Waals surface area contributed by atoms with E-state index in [9.17, 15) is 10.1 Å². The van der Waals surface area contributed by atoms with Gasteiger partial charge in [-0.15, -0.1) is 10.2 Å². The monoisotopic (exact) mass is 292 g/mol. The summed E-state index contributed by atoms with van der Waals surface area (Å²) >= 11 is 5.78. The number of hydrogen-bond acceptors (Lipinski definition) is 5. The van der Waals surface area contributed by atoms with Gasteiger partial charge in [-0.3, -0.25) is 15.2 Å². The van der Waals surface area contributed by atoms with Crippen molar-refractivity contribution in [2.24, 2.45) is 0 Å². The van der Waals surface area contributed by atoms with Crippen molar-refractivity contribution in [3.05, 3.63) is 39.2 Å². The summed E-state index contributed by atoms with van der Waals surface area (Å²) in [5.74, 6) is 1.64. The third kappa shape index (κ3) is 1.90. The molecule has 0 saturated heterocycles. The van der Waals surface area contributed by atoms with Crippen LogP contribution in [0.1, 0.15) is 12.7 Å². The Bertz CT molecular complexity index is 808. The van der Waals surface area contributed by atoms with Crippen LogP contribution in [0.2, 0.25) is 5.02 Å². The van der Waals surface area contributed by atoms with Crippen molar-refractivity contribution in [3.63, 3.8) is 0 Å². The van der Waals surface area contributed by atoms with Crippen LogP contribution in [0.4, 0.5) is 5.69 Å². The van der Waals surface area contributed by atoms with E-state index in [1.54, 1.807) is 10.6 Å². The summed E-state index contributed by atoms with van der Waals surface area (Å²) in [6.07, 6.45) is 0.698. The molecule has 0 radical (unpaired) electrons. The number of nitro groups is 1. The topological polar surface area (TPSA) is 102 Å². The molecule has 0 saturated carbocycles. The molecule has 0 aliphatic rings. The van der Waals surface area contributed by atoms with Gasteiger partial charge in [-0.25, -0.2) is 4.52 Å². The highest BCUT2D eigenvalue weighted by Crippen LogP contribution is 2.29. The number of aromatic amines is 1. The number of nitrogens with zero attached hydrogens (tertiary/aromatic N) is 5. The fourth-order valence-corrected chi connectivity index (χ4v) is 2.07. The minimum atomic E-state index is -0.529. The Hall–Kier alpha value is -2.48. The van der Waals surface area contributed by atoms with Gasteiger partial charge in [0.2, 0.25) is 0 Å². The molecule has 3 aromatic rings. The smallest absolute Gasteiger partial charge is 0.272 e. The zero-order valence-electron chi connectivity index (χ0n) is 10.4. The first kappa shape index (κ1) is 12.5. The normalized spacial score (nSPS) is 11.1. The summed E-state index contributed by atoms with van der Waals surface area (Å²) in [4.78, 5) is 14.6. The van der Waals surface area contributed by atoms with Crippen molar-refractivity contribution < 1.29 is 4.92 Å². The molecule has 9 heteroatoms. The maximum absolute atomic E-state index is 10.9. The number of H-pyrrole nitrogens is 1. The van der Waals surface area contributed by atoms with E-state index >= 15 is 0 Å². The third-order valence-electron chi connectivity index (χ3n) is 2.87. The molecule has 0 bridgehead atoms. The van der Waals surface area contributed by atoms with Crippen molar-refractivity contribution in [3.8, 4) is 11.4 Å². The zero-order chi connectivity index (χ0) is 14.3. The van der Waals surface area contributed by atoms with Crippen LogP contribution in [-0.2, 0) is 6.42 Å². The third-order valence-corrected chi connectivity index (χ3v) is 3.19. The molecule has 2 heterocycles. The summed E-state index contributed by atoms with van der Waals surface area (Å²) in [6.45, 7) is 1.95. The fourth-order valence-electron chi connectivity index (χ4n) is 1.88. The predicted octanol–water partition coefficient (Wildman–Crippen LogP) is 2.24. The molecule has 0 aliphatic carbocycles. The van der Waals surface area contributed by atoms with Gasteiger partial charge in [0.1, 0.15) is 5.02 Å². The minimum absolute atomic E-state index is 0.0889. The number of fused-ring (bicyclic) bond motifs is 1. The van der Waals surface area contributed by atoms with Crippen LogP contribution in [0, 0.1) is 10.1 Å². The Balaban J connectivity index is 2.13. The molecule has 1 aromatic carbocycles. The van der Waals surface area contributed by atoms with Gasteiger partial charge in [0.05, 0.1) is 4.92 Å². The van der Waals surface area contributed by atoms with E-state index in [-0.39, 0.29) is 10.7 Å². The maximum atomic E-state index is 10.9. The highest BCUT2D eigenvalue weighted by atomic mass is 35.5. The summed E-state index contributed by atoms with van der Waals surface area (Å²) in [5, 5.41) is 21.9. The van der Waals surface area contributed by atoms with Crippen LogP contribution in [0.5, 0.6) is 0 Å². The average Bonchev–Trinajstić information content (AvgIpc) is 2.98. The molecule has 0 spiro atoms. The van der Waals surface area contributed by atoms with Crippen molar-refractivity contribution in [2.45, 2.75) is 13.3 Å². The van der Waals surface area contributed by atoms with E-state index in [4.69, 9.17) is 11.6 Å². The van der Waals surface area contributed by atoms with Gasteiger partial charge in [-0.1, -0.05) is 18.5 Å². The predicted molar refractivity (Wildman–Crippen MR) is 71.6 cm³/mol. The van der Waals surface area contributed by atoms with Crippen molar-refractivity contribution in [1.82, 2.24) is 24.8 Å². The number of hydrogen-bond donors (Lipinski definition) is 1. The molecule has 0 unspecified atom stereocenters. The molecule has 102 valence electrons. The Kier molecular flexibility index (Phi) is 2.87. The van der Waals surface area contributed by atoms with Crippen molar-refractivity contribution in [1.29, 1.82) is 0 Å². The first-order valence-electron chi connectivity index (χ1n) is 5.84. The van der Waals surface area contributed by atoms with Gasteiger partial charge in [0.15, 0.2) is 11.6 Å². The SMILES string of the molecule is CCc1nnc2nc(-c3ccc(Cl)c([N+](=O)[O-])c3)[nH]n12. The standard InChI is InChI=1S/C11H9ClN6O2/c1-2-9-14-15-11-13-10(16-17(9)11)6-3-4-7(12)8(5-6)18(19)20/h3-5H,2H2,1H3,(H,13,15,16). The second-order valence-electron chi connectivity index (χ2n) is 4.10. The molecule has 0 amide bonds. The first-order valence-corrected chi connectivity index (χ1v) is 6.22. The number of nitrogens with one attached hydrogen (secondary N) is 1. The molecular weight excluding hydrogens is 284 g/mol. The fraction of sp³-hybridized carbons (Fsp3) is 0.182. The zero-order valence-corrected chi connectivity index (χ0v) is 11.1. The number of aryl methyl sites for hydroxylation is 1. The molecule has 0 fully saturated rings. The van der Waals surface area contributed by atoms with Crippen molar-refractivity contribution in [2.75, 3.05) is 0 Å². The van der Waals surface area contributed by atoms with Crippen molar-refractivity contribution >= 4 is 23.1 Å². The van der Waals surface area contributed by atoms with E-state index < -0.39 is 4.92 Å². The maximum Gasteiger partial charge on any atom is 0.288 e. The summed E-state index contributed by atoms with van der Waals surface area (Å²) in [5.41, 5.74) is 0.403. The van der Waals surface area contributed by atoms with Crippen LogP contribution >= 0.6 is 11.6 Å². The summed E-state index contributed by atoms with van der Waals surface area (Å²) in [6, 6.07) is 4.51. The number of rotatable bonds is 3. The molecule has 1 N–H and O–H groups in total. The van der Waals surface area contributed by atoms with Crippen LogP contribution in [0.3, 0.4) is 0 Å². The highest BCUT2D eigenvalue weighted by molar-refractivity contribution is 6.32. The molecule has 3 rings (SSSR count). The van der Waals surface area contributed by atoms with Crippen LogP contribution in [0.15, 0.2) is 18.2 Å². The Morgan fingerprint density at radius 2 is 2.25 bits per heavy atom. The van der Waals surface area contributed by atoms with E-state index in [1.165, 1.54) is 12.1 Å². The van der Waals surface area contributed by atoms with E-state index in [0.717, 1.165) is 5.82 Å². The molecule has 0 atom stereocenters. The van der Waals surface area contributed by atoms with Gasteiger partial charge in [-0.05, 0) is 12.1 Å². The van der Waals surface area contributed by atoms with E-state index in [2.05, 4.69) is 20.3 Å². The Labute approximate surface area is 117 Å². The quantitative estimate of drug-likeness (QED) is 0.589. The molecule has 20 heavy (non-hydrogen) atoms. The summed E-state index contributed by atoms with van der Waals surface area (Å²) < 4.78 is 1.65. The second kappa shape index (κ2) is 4.57. The van der Waals surface area contributed by atoms with E-state index in [0.29, 0.717) is 23.6 Å².